The minimum Gasteiger partial charge on any atom is -0.395 e. The van der Waals surface area contributed by atoms with Crippen molar-refractivity contribution in [2.24, 2.45) is 0 Å². The highest BCUT2D eigenvalue weighted by Gasteiger charge is 2.23. The third-order valence-electron chi connectivity index (χ3n) is 5.53. The van der Waals surface area contributed by atoms with Gasteiger partial charge in [0.2, 0.25) is 0 Å². The highest BCUT2D eigenvalue weighted by Crippen LogP contribution is 2.18. The molecule has 3 heteroatoms. The summed E-state index contributed by atoms with van der Waals surface area (Å²) in [7, 11) is 2.27. The molecule has 0 aliphatic carbocycles. The van der Waals surface area contributed by atoms with Crippen LogP contribution in [-0.4, -0.2) is 54.2 Å². The number of nitrogens with zero attached hydrogens (tertiary/aromatic N) is 2. The van der Waals surface area contributed by atoms with Gasteiger partial charge in [0.1, 0.15) is 0 Å². The standard InChI is InChI=1S/C25H32N2O/c1-26(18-16-22-8-3-2-4-9-22)25-11-7-17-27(21-25)20-24-14-12-23(13-15-24)10-5-6-19-28/h2-4,8-9,12-15,25,28H,6-7,11,16-21H2,1H3. The molecular formula is C25H32N2O. The largest absolute Gasteiger partial charge is 0.395 e. The van der Waals surface area contributed by atoms with E-state index in [1.807, 2.05) is 0 Å². The summed E-state index contributed by atoms with van der Waals surface area (Å²) in [4.78, 5) is 5.12. The third kappa shape index (κ3) is 6.49. The number of rotatable bonds is 7. The maximum absolute atomic E-state index is 8.81. The molecule has 1 saturated heterocycles. The minimum absolute atomic E-state index is 0.126. The number of hydrogen-bond acceptors (Lipinski definition) is 3. The van der Waals surface area contributed by atoms with E-state index in [2.05, 4.69) is 83.3 Å². The van der Waals surface area contributed by atoms with Crippen LogP contribution in [0.15, 0.2) is 54.6 Å². The van der Waals surface area contributed by atoms with Gasteiger partial charge in [-0.1, -0.05) is 54.3 Å². The number of likely N-dealkylation sites (tertiary alicyclic amines) is 1. The van der Waals surface area contributed by atoms with Gasteiger partial charge in [-0.25, -0.2) is 0 Å². The van der Waals surface area contributed by atoms with E-state index < -0.39 is 0 Å². The summed E-state index contributed by atoms with van der Waals surface area (Å²) in [6.07, 6.45) is 4.22. The monoisotopic (exact) mass is 376 g/mol. The van der Waals surface area contributed by atoms with Crippen LogP contribution in [-0.2, 0) is 13.0 Å². The van der Waals surface area contributed by atoms with Crippen molar-refractivity contribution < 1.29 is 5.11 Å². The summed E-state index contributed by atoms with van der Waals surface area (Å²) in [5.41, 5.74) is 3.79. The predicted molar refractivity (Wildman–Crippen MR) is 116 cm³/mol. The van der Waals surface area contributed by atoms with Gasteiger partial charge in [-0.2, -0.15) is 0 Å². The molecule has 0 amide bonds. The maximum Gasteiger partial charge on any atom is 0.0540 e. The third-order valence-corrected chi connectivity index (χ3v) is 5.53. The fourth-order valence-electron chi connectivity index (χ4n) is 3.84. The summed E-state index contributed by atoms with van der Waals surface area (Å²) in [6.45, 7) is 4.57. The molecule has 3 nitrogen and oxygen atoms in total. The number of aliphatic hydroxyl groups excluding tert-OH is 1. The van der Waals surface area contributed by atoms with Crippen LogP contribution in [0.2, 0.25) is 0 Å². The van der Waals surface area contributed by atoms with E-state index in [1.54, 1.807) is 0 Å². The van der Waals surface area contributed by atoms with Crippen LogP contribution >= 0.6 is 0 Å². The second-order valence-corrected chi connectivity index (χ2v) is 7.72. The van der Waals surface area contributed by atoms with Gasteiger partial charge in [0.25, 0.3) is 0 Å². The Labute approximate surface area is 170 Å². The Kier molecular flexibility index (Phi) is 8.11. The summed E-state index contributed by atoms with van der Waals surface area (Å²) >= 11 is 0. The summed E-state index contributed by atoms with van der Waals surface area (Å²) in [5, 5.41) is 8.81. The van der Waals surface area contributed by atoms with Crippen molar-refractivity contribution in [3.05, 3.63) is 71.3 Å². The first kappa shape index (κ1) is 20.6. The summed E-state index contributed by atoms with van der Waals surface area (Å²) in [6, 6.07) is 20.0. The number of hydrogen-bond donors (Lipinski definition) is 1. The van der Waals surface area contributed by atoms with E-state index >= 15 is 0 Å². The average Bonchev–Trinajstić information content (AvgIpc) is 2.74. The zero-order valence-electron chi connectivity index (χ0n) is 17.0. The Morgan fingerprint density at radius 2 is 1.86 bits per heavy atom. The summed E-state index contributed by atoms with van der Waals surface area (Å²) < 4.78 is 0. The van der Waals surface area contributed by atoms with Gasteiger partial charge in [-0.3, -0.25) is 4.90 Å². The van der Waals surface area contributed by atoms with Crippen molar-refractivity contribution >= 4 is 0 Å². The van der Waals surface area contributed by atoms with Crippen LogP contribution in [0.3, 0.4) is 0 Å². The molecule has 2 aromatic rings. The fourth-order valence-corrected chi connectivity index (χ4v) is 3.84. The minimum atomic E-state index is 0.126. The van der Waals surface area contributed by atoms with Gasteiger partial charge in [0.15, 0.2) is 0 Å². The molecule has 1 aliphatic heterocycles. The molecule has 1 fully saturated rings. The van der Waals surface area contributed by atoms with Gasteiger partial charge in [0, 0.05) is 37.7 Å². The van der Waals surface area contributed by atoms with E-state index in [0.29, 0.717) is 12.5 Å². The average molecular weight is 377 g/mol. The number of likely N-dealkylation sites (N-methyl/N-ethyl adjacent to an activating group) is 1. The van der Waals surface area contributed by atoms with Crippen LogP contribution in [0.5, 0.6) is 0 Å². The first-order valence-corrected chi connectivity index (χ1v) is 10.4. The fraction of sp³-hybridized carbons (Fsp3) is 0.440. The van der Waals surface area contributed by atoms with E-state index in [4.69, 9.17) is 5.11 Å². The zero-order chi connectivity index (χ0) is 19.6. The van der Waals surface area contributed by atoms with Crippen molar-refractivity contribution in [3.8, 4) is 11.8 Å². The molecule has 1 atom stereocenters. The van der Waals surface area contributed by atoms with Gasteiger partial charge in [-0.05, 0) is 56.1 Å². The van der Waals surface area contributed by atoms with Crippen LogP contribution in [0.25, 0.3) is 0 Å². The molecule has 2 aromatic carbocycles. The van der Waals surface area contributed by atoms with Crippen molar-refractivity contribution in [3.63, 3.8) is 0 Å². The Bertz CT molecular complexity index is 761. The normalized spacial score (nSPS) is 17.3. The quantitative estimate of drug-likeness (QED) is 0.749. The number of benzene rings is 2. The van der Waals surface area contributed by atoms with Crippen LogP contribution < -0.4 is 0 Å². The molecule has 0 bridgehead atoms. The van der Waals surface area contributed by atoms with Crippen molar-refractivity contribution in [2.75, 3.05) is 33.3 Å². The molecule has 0 saturated carbocycles. The van der Waals surface area contributed by atoms with E-state index in [0.717, 1.165) is 31.6 Å². The first-order valence-electron chi connectivity index (χ1n) is 10.4. The molecule has 1 aliphatic rings. The Morgan fingerprint density at radius 1 is 1.07 bits per heavy atom. The molecule has 0 aromatic heterocycles. The zero-order valence-corrected chi connectivity index (χ0v) is 17.0. The Balaban J connectivity index is 1.48. The molecule has 0 spiro atoms. The number of aliphatic hydroxyl groups is 1. The van der Waals surface area contributed by atoms with Crippen molar-refractivity contribution in [1.29, 1.82) is 0 Å². The van der Waals surface area contributed by atoms with E-state index in [-0.39, 0.29) is 6.61 Å². The second-order valence-electron chi connectivity index (χ2n) is 7.72. The molecule has 1 N–H and O–H groups in total. The molecule has 148 valence electrons. The van der Waals surface area contributed by atoms with Crippen molar-refractivity contribution in [2.45, 2.75) is 38.3 Å². The Hall–Kier alpha value is -2.12. The predicted octanol–water partition coefficient (Wildman–Crippen LogP) is 3.56. The number of piperidine rings is 1. The van der Waals surface area contributed by atoms with Gasteiger partial charge >= 0.3 is 0 Å². The lowest BCUT2D eigenvalue weighted by Gasteiger charge is -2.37. The molecule has 1 heterocycles. The van der Waals surface area contributed by atoms with E-state index in [1.165, 1.54) is 30.5 Å². The molecule has 1 unspecified atom stereocenters. The molecule has 28 heavy (non-hydrogen) atoms. The molecule has 3 rings (SSSR count). The van der Waals surface area contributed by atoms with Crippen LogP contribution in [0.1, 0.15) is 36.0 Å². The maximum atomic E-state index is 8.81. The topological polar surface area (TPSA) is 26.7 Å². The van der Waals surface area contributed by atoms with Gasteiger partial charge in [-0.15, -0.1) is 0 Å². The highest BCUT2D eigenvalue weighted by atomic mass is 16.2. The van der Waals surface area contributed by atoms with Crippen LogP contribution in [0.4, 0.5) is 0 Å². The Morgan fingerprint density at radius 3 is 2.61 bits per heavy atom. The lowest BCUT2D eigenvalue weighted by atomic mass is 10.0. The lowest BCUT2D eigenvalue weighted by Crippen LogP contribution is -2.46. The first-order chi connectivity index (χ1) is 13.7. The van der Waals surface area contributed by atoms with Gasteiger partial charge in [0.05, 0.1) is 6.61 Å². The summed E-state index contributed by atoms with van der Waals surface area (Å²) in [5.74, 6) is 6.07. The molecular weight excluding hydrogens is 344 g/mol. The lowest BCUT2D eigenvalue weighted by molar-refractivity contribution is 0.112. The second kappa shape index (κ2) is 11.0. The van der Waals surface area contributed by atoms with Crippen molar-refractivity contribution in [1.82, 2.24) is 9.80 Å². The highest BCUT2D eigenvalue weighted by molar-refractivity contribution is 5.36. The smallest absolute Gasteiger partial charge is 0.0540 e. The van der Waals surface area contributed by atoms with Gasteiger partial charge < -0.3 is 10.0 Å². The SMILES string of the molecule is CN(CCc1ccccc1)C1CCCN(Cc2ccc(C#CCCO)cc2)C1. The van der Waals surface area contributed by atoms with E-state index in [9.17, 15) is 0 Å². The molecule has 0 radical (unpaired) electrons. The van der Waals surface area contributed by atoms with Crippen LogP contribution in [0, 0.1) is 11.8 Å².